The highest BCUT2D eigenvalue weighted by molar-refractivity contribution is 7.89. The lowest BCUT2D eigenvalue weighted by molar-refractivity contribution is -0.141. The third-order valence-corrected chi connectivity index (χ3v) is 5.83. The number of aromatic nitrogens is 2. The molecule has 0 aliphatic carbocycles. The van der Waals surface area contributed by atoms with E-state index in [0.29, 0.717) is 17.9 Å². The molecule has 4 rings (SSSR count). The van der Waals surface area contributed by atoms with Crippen LogP contribution in [0.25, 0.3) is 22.5 Å². The van der Waals surface area contributed by atoms with Gasteiger partial charge in [0.2, 0.25) is 10.0 Å². The number of benzene rings is 2. The molecule has 0 saturated heterocycles. The van der Waals surface area contributed by atoms with Gasteiger partial charge in [0.15, 0.2) is 5.69 Å². The molecule has 0 saturated carbocycles. The summed E-state index contributed by atoms with van der Waals surface area (Å²) in [5, 5.41) is 8.85. The van der Waals surface area contributed by atoms with Gasteiger partial charge >= 0.3 is 6.18 Å². The van der Waals surface area contributed by atoms with E-state index >= 15 is 0 Å². The summed E-state index contributed by atoms with van der Waals surface area (Å²) in [7, 11) is -2.54. The number of halogens is 3. The highest BCUT2D eigenvalue weighted by Crippen LogP contribution is 2.38. The number of aliphatic imine (C=N–C) groups is 1. The molecular formula is C21H17F3N4O3S. The molecule has 1 aliphatic rings. The molecule has 2 N–H and O–H groups in total. The Hall–Kier alpha value is -3.44. The Labute approximate surface area is 181 Å². The van der Waals surface area contributed by atoms with Crippen molar-refractivity contribution in [1.82, 2.24) is 9.78 Å². The second kappa shape index (κ2) is 7.92. The molecule has 1 aliphatic heterocycles. The number of sulfonamides is 1. The van der Waals surface area contributed by atoms with Crippen LogP contribution >= 0.6 is 0 Å². The summed E-state index contributed by atoms with van der Waals surface area (Å²) in [6, 6.07) is 11.2. The van der Waals surface area contributed by atoms with E-state index in [4.69, 9.17) is 9.88 Å². The quantitative estimate of drug-likeness (QED) is 0.625. The van der Waals surface area contributed by atoms with E-state index in [2.05, 4.69) is 10.1 Å². The summed E-state index contributed by atoms with van der Waals surface area (Å²) in [5.74, 6) is 0.351. The van der Waals surface area contributed by atoms with Gasteiger partial charge in [-0.1, -0.05) is 6.07 Å². The van der Waals surface area contributed by atoms with E-state index in [0.717, 1.165) is 21.9 Å². The zero-order valence-electron chi connectivity index (χ0n) is 16.7. The number of allylic oxidation sites excluding steroid dienone is 1. The van der Waals surface area contributed by atoms with Gasteiger partial charge in [-0.25, -0.2) is 18.2 Å². The van der Waals surface area contributed by atoms with E-state index < -0.39 is 21.9 Å². The molecule has 0 atom stereocenters. The average Bonchev–Trinajstić information content (AvgIpc) is 3.43. The number of nitrogens with zero attached hydrogens (tertiary/aromatic N) is 3. The molecule has 2 heterocycles. The van der Waals surface area contributed by atoms with E-state index in [1.165, 1.54) is 31.4 Å². The molecule has 0 spiro atoms. The molecule has 0 amide bonds. The first kappa shape index (κ1) is 21.8. The van der Waals surface area contributed by atoms with Crippen LogP contribution in [0.5, 0.6) is 5.75 Å². The van der Waals surface area contributed by atoms with Crippen molar-refractivity contribution in [3.05, 3.63) is 65.9 Å². The molecule has 2 aromatic carbocycles. The van der Waals surface area contributed by atoms with Crippen LogP contribution in [0.1, 0.15) is 11.3 Å². The van der Waals surface area contributed by atoms with E-state index in [9.17, 15) is 21.6 Å². The second-order valence-electron chi connectivity index (χ2n) is 6.96. The van der Waals surface area contributed by atoms with Crippen molar-refractivity contribution < 1.29 is 26.3 Å². The van der Waals surface area contributed by atoms with Gasteiger partial charge in [0.05, 0.1) is 29.9 Å². The Morgan fingerprint density at radius 1 is 1.09 bits per heavy atom. The van der Waals surface area contributed by atoms with Gasteiger partial charge in [0.25, 0.3) is 0 Å². The topological polar surface area (TPSA) is 99.6 Å². The molecule has 0 bridgehead atoms. The number of methoxy groups -OCH3 is 1. The normalized spacial score (nSPS) is 14.0. The number of nitrogens with two attached hydrogens (primary N) is 1. The lowest BCUT2D eigenvalue weighted by atomic mass is 10.0. The van der Waals surface area contributed by atoms with Crippen molar-refractivity contribution >= 4 is 21.8 Å². The first-order chi connectivity index (χ1) is 15.1. The Morgan fingerprint density at radius 2 is 1.81 bits per heavy atom. The predicted octanol–water partition coefficient (Wildman–Crippen LogP) is 3.68. The first-order valence-electron chi connectivity index (χ1n) is 9.26. The maximum atomic E-state index is 13.5. The van der Waals surface area contributed by atoms with Gasteiger partial charge in [-0.15, -0.1) is 0 Å². The maximum Gasteiger partial charge on any atom is 0.435 e. The van der Waals surface area contributed by atoms with Gasteiger partial charge in [-0.3, -0.25) is 4.99 Å². The molecule has 32 heavy (non-hydrogen) atoms. The van der Waals surface area contributed by atoms with Gasteiger partial charge in [-0.05, 0) is 59.7 Å². The fraction of sp³-hybridized carbons (Fsp3) is 0.143. The summed E-state index contributed by atoms with van der Waals surface area (Å²) in [5.41, 5.74) is 1.32. The molecule has 0 fully saturated rings. The van der Waals surface area contributed by atoms with Crippen LogP contribution < -0.4 is 9.88 Å². The van der Waals surface area contributed by atoms with Gasteiger partial charge < -0.3 is 4.74 Å². The fourth-order valence-corrected chi connectivity index (χ4v) is 3.84. The number of ether oxygens (including phenoxy) is 1. The summed E-state index contributed by atoms with van der Waals surface area (Å²) < 4.78 is 70.1. The maximum absolute atomic E-state index is 13.5. The smallest absolute Gasteiger partial charge is 0.435 e. The lowest BCUT2D eigenvalue weighted by Crippen LogP contribution is -2.12. The van der Waals surface area contributed by atoms with Crippen LogP contribution in [0.2, 0.25) is 0 Å². The van der Waals surface area contributed by atoms with Crippen LogP contribution in [0.4, 0.5) is 13.2 Å². The molecule has 7 nitrogen and oxygen atoms in total. The van der Waals surface area contributed by atoms with Crippen molar-refractivity contribution in [3.8, 4) is 22.7 Å². The van der Waals surface area contributed by atoms with Gasteiger partial charge in [0.1, 0.15) is 5.75 Å². The van der Waals surface area contributed by atoms with Gasteiger partial charge in [-0.2, -0.15) is 18.3 Å². The Kier molecular flexibility index (Phi) is 5.39. The molecule has 0 unspecified atom stereocenters. The van der Waals surface area contributed by atoms with E-state index in [-0.39, 0.29) is 16.3 Å². The Bertz CT molecular complexity index is 1340. The van der Waals surface area contributed by atoms with Crippen LogP contribution in [0, 0.1) is 0 Å². The highest BCUT2D eigenvalue weighted by atomic mass is 32.2. The van der Waals surface area contributed by atoms with Crippen molar-refractivity contribution in [2.24, 2.45) is 10.1 Å². The van der Waals surface area contributed by atoms with Crippen LogP contribution in [0.15, 0.2) is 64.5 Å². The minimum absolute atomic E-state index is 0.124. The molecular weight excluding hydrogens is 445 g/mol. The van der Waals surface area contributed by atoms with E-state index in [1.807, 2.05) is 6.08 Å². The Balaban J connectivity index is 1.91. The number of hydrogen-bond acceptors (Lipinski definition) is 5. The number of rotatable bonds is 5. The molecule has 1 aromatic heterocycles. The van der Waals surface area contributed by atoms with Crippen molar-refractivity contribution in [1.29, 1.82) is 0 Å². The zero-order chi connectivity index (χ0) is 23.1. The average molecular weight is 462 g/mol. The summed E-state index contributed by atoms with van der Waals surface area (Å²) in [4.78, 5) is 3.97. The monoisotopic (exact) mass is 462 g/mol. The summed E-state index contributed by atoms with van der Waals surface area (Å²) in [6.45, 7) is 0.466. The number of hydrogen-bond donors (Lipinski definition) is 1. The predicted molar refractivity (Wildman–Crippen MR) is 113 cm³/mol. The van der Waals surface area contributed by atoms with Crippen LogP contribution in [0.3, 0.4) is 0 Å². The molecule has 0 radical (unpaired) electrons. The summed E-state index contributed by atoms with van der Waals surface area (Å²) >= 11 is 0. The number of alkyl halides is 3. The third-order valence-electron chi connectivity index (χ3n) is 4.90. The highest BCUT2D eigenvalue weighted by Gasteiger charge is 2.35. The van der Waals surface area contributed by atoms with Crippen LogP contribution in [-0.2, 0) is 16.2 Å². The van der Waals surface area contributed by atoms with Crippen molar-refractivity contribution in [2.45, 2.75) is 11.1 Å². The molecule has 166 valence electrons. The van der Waals surface area contributed by atoms with Gasteiger partial charge in [0, 0.05) is 11.8 Å². The minimum atomic E-state index is -4.69. The van der Waals surface area contributed by atoms with Crippen molar-refractivity contribution in [3.63, 3.8) is 0 Å². The van der Waals surface area contributed by atoms with Crippen LogP contribution in [-0.4, -0.2) is 38.1 Å². The molecule has 11 heteroatoms. The third kappa shape index (κ3) is 4.16. The Morgan fingerprint density at radius 3 is 2.38 bits per heavy atom. The number of primary sulfonamides is 1. The lowest BCUT2D eigenvalue weighted by Gasteiger charge is -2.13. The fourth-order valence-electron chi connectivity index (χ4n) is 3.33. The second-order valence-corrected chi connectivity index (χ2v) is 8.52. The zero-order valence-corrected chi connectivity index (χ0v) is 17.5. The van der Waals surface area contributed by atoms with Crippen molar-refractivity contribution in [2.75, 3.05) is 13.7 Å². The standard InChI is InChI=1S/C21H17F3N4O3S/c1-31-19-7-2-13(14-8-9-26-12-14)10-17(19)18-11-20(21(22,23)24)27-28(18)15-3-5-16(6-4-15)32(25,29)30/h2-11H,12H2,1H3,(H2,25,29,30). The minimum Gasteiger partial charge on any atom is -0.496 e. The SMILES string of the molecule is COc1ccc(C2=CC=NC2)cc1-c1cc(C(F)(F)F)nn1-c1ccc(S(N)(=O)=O)cc1. The molecule has 3 aromatic rings. The largest absolute Gasteiger partial charge is 0.496 e. The summed E-state index contributed by atoms with van der Waals surface area (Å²) in [6.07, 6.45) is -1.19. The van der Waals surface area contributed by atoms with E-state index in [1.54, 1.807) is 24.4 Å². The first-order valence-corrected chi connectivity index (χ1v) is 10.8.